The second-order valence-corrected chi connectivity index (χ2v) is 3.87. The number of aromatic nitrogens is 1. The normalized spacial score (nSPS) is 10.5. The fourth-order valence-electron chi connectivity index (χ4n) is 1.67. The van der Waals surface area contributed by atoms with E-state index in [9.17, 15) is 9.18 Å². The van der Waals surface area contributed by atoms with E-state index >= 15 is 0 Å². The Kier molecular flexibility index (Phi) is 3.04. The third-order valence-corrected chi connectivity index (χ3v) is 2.49. The smallest absolute Gasteiger partial charge is 0.224 e. The Morgan fingerprint density at radius 3 is 2.88 bits per heavy atom. The molecule has 0 bridgehead atoms. The fraction of sp³-hybridized carbons (Fsp3) is 0.231. The van der Waals surface area contributed by atoms with E-state index in [-0.39, 0.29) is 11.7 Å². The van der Waals surface area contributed by atoms with Gasteiger partial charge in [0.2, 0.25) is 5.91 Å². The molecule has 1 amide bonds. The molecule has 0 unspecified atom stereocenters. The lowest BCUT2D eigenvalue weighted by molar-refractivity contribution is -0.115. The molecule has 88 valence electrons. The lowest BCUT2D eigenvalue weighted by Crippen LogP contribution is -2.10. The molecule has 2 rings (SSSR count). The van der Waals surface area contributed by atoms with Crippen molar-refractivity contribution in [2.75, 3.05) is 5.32 Å². The molecule has 3 nitrogen and oxygen atoms in total. The molecule has 0 saturated heterocycles. The molecule has 0 saturated carbocycles. The number of aryl methyl sites for hydroxylation is 1. The molecule has 1 aromatic heterocycles. The van der Waals surface area contributed by atoms with E-state index in [4.69, 9.17) is 0 Å². The minimum atomic E-state index is -0.338. The van der Waals surface area contributed by atoms with E-state index in [1.54, 1.807) is 19.1 Å². The third-order valence-electron chi connectivity index (χ3n) is 2.49. The second-order valence-electron chi connectivity index (χ2n) is 3.87. The van der Waals surface area contributed by atoms with Crippen molar-refractivity contribution in [1.82, 2.24) is 4.98 Å². The van der Waals surface area contributed by atoms with Crippen LogP contribution < -0.4 is 5.32 Å². The van der Waals surface area contributed by atoms with E-state index in [0.29, 0.717) is 23.0 Å². The number of carbonyl (C=O) groups is 1. The molecule has 0 atom stereocenters. The molecule has 0 aliphatic rings. The SMILES string of the molecule is CCC(=O)Nc1cc(C)nc2ccc(F)cc12. The summed E-state index contributed by atoms with van der Waals surface area (Å²) < 4.78 is 13.2. The van der Waals surface area contributed by atoms with Gasteiger partial charge in [-0.25, -0.2) is 4.39 Å². The van der Waals surface area contributed by atoms with Gasteiger partial charge in [-0.05, 0) is 31.2 Å². The number of fused-ring (bicyclic) bond motifs is 1. The zero-order valence-electron chi connectivity index (χ0n) is 9.75. The zero-order valence-corrected chi connectivity index (χ0v) is 9.75. The van der Waals surface area contributed by atoms with Crippen molar-refractivity contribution >= 4 is 22.5 Å². The molecule has 0 fully saturated rings. The topological polar surface area (TPSA) is 42.0 Å². The number of pyridine rings is 1. The number of carbonyl (C=O) groups excluding carboxylic acids is 1. The monoisotopic (exact) mass is 232 g/mol. The molecule has 1 aromatic carbocycles. The molecular weight excluding hydrogens is 219 g/mol. The maximum atomic E-state index is 13.2. The van der Waals surface area contributed by atoms with Crippen LogP contribution >= 0.6 is 0 Å². The predicted molar refractivity (Wildman–Crippen MR) is 65.4 cm³/mol. The average Bonchev–Trinajstić information content (AvgIpc) is 2.29. The van der Waals surface area contributed by atoms with Gasteiger partial charge in [0.05, 0.1) is 11.2 Å². The first-order chi connectivity index (χ1) is 8.10. The average molecular weight is 232 g/mol. The molecule has 0 radical (unpaired) electrons. The summed E-state index contributed by atoms with van der Waals surface area (Å²) in [5.74, 6) is -0.434. The number of rotatable bonds is 2. The summed E-state index contributed by atoms with van der Waals surface area (Å²) in [6.45, 7) is 3.61. The third kappa shape index (κ3) is 2.41. The first kappa shape index (κ1) is 11.5. The second kappa shape index (κ2) is 4.49. The Bertz CT molecular complexity index is 581. The highest BCUT2D eigenvalue weighted by Crippen LogP contribution is 2.24. The number of nitrogens with one attached hydrogen (secondary N) is 1. The van der Waals surface area contributed by atoms with Crippen LogP contribution in [0.15, 0.2) is 24.3 Å². The highest BCUT2D eigenvalue weighted by Gasteiger charge is 2.07. The van der Waals surface area contributed by atoms with Crippen LogP contribution in [0.1, 0.15) is 19.0 Å². The summed E-state index contributed by atoms with van der Waals surface area (Å²) in [7, 11) is 0. The Labute approximate surface area is 98.7 Å². The quantitative estimate of drug-likeness (QED) is 0.864. The number of halogens is 1. The van der Waals surface area contributed by atoms with Crippen molar-refractivity contribution in [2.24, 2.45) is 0 Å². The van der Waals surface area contributed by atoms with Gasteiger partial charge in [-0.3, -0.25) is 9.78 Å². The minimum absolute atomic E-state index is 0.0961. The molecule has 4 heteroatoms. The molecular formula is C13H13FN2O. The first-order valence-corrected chi connectivity index (χ1v) is 5.47. The summed E-state index contributed by atoms with van der Waals surface area (Å²) >= 11 is 0. The van der Waals surface area contributed by atoms with Crippen molar-refractivity contribution < 1.29 is 9.18 Å². The number of nitrogens with zero attached hydrogens (tertiary/aromatic N) is 1. The van der Waals surface area contributed by atoms with Gasteiger partial charge in [0, 0.05) is 17.5 Å². The van der Waals surface area contributed by atoms with E-state index in [1.807, 2.05) is 6.92 Å². The molecule has 0 spiro atoms. The van der Waals surface area contributed by atoms with Crippen molar-refractivity contribution in [1.29, 1.82) is 0 Å². The lowest BCUT2D eigenvalue weighted by atomic mass is 10.1. The van der Waals surface area contributed by atoms with Gasteiger partial charge in [-0.1, -0.05) is 6.92 Å². The van der Waals surface area contributed by atoms with Gasteiger partial charge in [0.15, 0.2) is 0 Å². The summed E-state index contributed by atoms with van der Waals surface area (Å²) in [6.07, 6.45) is 0.387. The lowest BCUT2D eigenvalue weighted by Gasteiger charge is -2.09. The van der Waals surface area contributed by atoms with Crippen molar-refractivity contribution in [2.45, 2.75) is 20.3 Å². The van der Waals surface area contributed by atoms with Crippen LogP contribution in [0.25, 0.3) is 10.9 Å². The van der Waals surface area contributed by atoms with Crippen molar-refractivity contribution in [3.05, 3.63) is 35.8 Å². The van der Waals surface area contributed by atoms with Crippen molar-refractivity contribution in [3.63, 3.8) is 0 Å². The number of amides is 1. The van der Waals surface area contributed by atoms with Gasteiger partial charge in [-0.2, -0.15) is 0 Å². The highest BCUT2D eigenvalue weighted by molar-refractivity contribution is 6.00. The molecule has 1 heterocycles. The van der Waals surface area contributed by atoms with Crippen LogP contribution in [0, 0.1) is 12.7 Å². The maximum Gasteiger partial charge on any atom is 0.224 e. The summed E-state index contributed by atoms with van der Waals surface area (Å²) in [5, 5.41) is 3.38. The van der Waals surface area contributed by atoms with Crippen LogP contribution in [0.4, 0.5) is 10.1 Å². The number of hydrogen-bond acceptors (Lipinski definition) is 2. The Hall–Kier alpha value is -1.97. The van der Waals surface area contributed by atoms with E-state index in [2.05, 4.69) is 10.3 Å². The summed E-state index contributed by atoms with van der Waals surface area (Å²) in [4.78, 5) is 15.7. The zero-order chi connectivity index (χ0) is 12.4. The largest absolute Gasteiger partial charge is 0.325 e. The molecule has 1 N–H and O–H groups in total. The van der Waals surface area contributed by atoms with Gasteiger partial charge in [-0.15, -0.1) is 0 Å². The van der Waals surface area contributed by atoms with Crippen molar-refractivity contribution in [3.8, 4) is 0 Å². The van der Waals surface area contributed by atoms with E-state index in [0.717, 1.165) is 5.69 Å². The van der Waals surface area contributed by atoms with Crippen LogP contribution in [-0.2, 0) is 4.79 Å². The Balaban J connectivity index is 2.59. The number of anilines is 1. The van der Waals surface area contributed by atoms with E-state index in [1.165, 1.54) is 12.1 Å². The predicted octanol–water partition coefficient (Wildman–Crippen LogP) is 3.03. The first-order valence-electron chi connectivity index (χ1n) is 5.47. The fourth-order valence-corrected chi connectivity index (χ4v) is 1.67. The Morgan fingerprint density at radius 2 is 2.18 bits per heavy atom. The van der Waals surface area contributed by atoms with Crippen LogP contribution in [-0.4, -0.2) is 10.9 Å². The van der Waals surface area contributed by atoms with Crippen LogP contribution in [0.5, 0.6) is 0 Å². The summed E-state index contributed by atoms with van der Waals surface area (Å²) in [5.41, 5.74) is 2.08. The van der Waals surface area contributed by atoms with Crippen LogP contribution in [0.3, 0.4) is 0 Å². The molecule has 2 aromatic rings. The van der Waals surface area contributed by atoms with E-state index < -0.39 is 0 Å². The highest BCUT2D eigenvalue weighted by atomic mass is 19.1. The van der Waals surface area contributed by atoms with Gasteiger partial charge < -0.3 is 5.32 Å². The van der Waals surface area contributed by atoms with Gasteiger partial charge >= 0.3 is 0 Å². The van der Waals surface area contributed by atoms with Gasteiger partial charge in [0.1, 0.15) is 5.82 Å². The van der Waals surface area contributed by atoms with Gasteiger partial charge in [0.25, 0.3) is 0 Å². The summed E-state index contributed by atoms with van der Waals surface area (Å²) in [6, 6.07) is 6.10. The number of hydrogen-bond donors (Lipinski definition) is 1. The minimum Gasteiger partial charge on any atom is -0.325 e. The molecule has 17 heavy (non-hydrogen) atoms. The number of benzene rings is 1. The standard InChI is InChI=1S/C13H13FN2O/c1-3-13(17)16-12-6-8(2)15-11-5-4-9(14)7-10(11)12/h4-7H,3H2,1-2H3,(H,15,16,17). The maximum absolute atomic E-state index is 13.2. The Morgan fingerprint density at radius 1 is 1.41 bits per heavy atom. The molecule has 0 aliphatic carbocycles. The van der Waals surface area contributed by atoms with Crippen LogP contribution in [0.2, 0.25) is 0 Å². The molecule has 0 aliphatic heterocycles.